The summed E-state index contributed by atoms with van der Waals surface area (Å²) >= 11 is 0. The second kappa shape index (κ2) is 7.83. The van der Waals surface area contributed by atoms with Gasteiger partial charge < -0.3 is 16.0 Å². The maximum atomic E-state index is 12.8. The van der Waals surface area contributed by atoms with Crippen LogP contribution in [-0.4, -0.2) is 59.9 Å². The molecular formula is C19H30F3N5. The molecule has 3 rings (SSSR count). The topological polar surface area (TPSA) is 57.4 Å². The second-order valence-corrected chi connectivity index (χ2v) is 8.11. The van der Waals surface area contributed by atoms with E-state index >= 15 is 0 Å². The molecule has 3 N–H and O–H groups in total. The molecule has 1 saturated heterocycles. The summed E-state index contributed by atoms with van der Waals surface area (Å²) in [5.74, 6) is 0.825. The summed E-state index contributed by atoms with van der Waals surface area (Å²) in [4.78, 5) is 8.34. The first kappa shape index (κ1) is 20.2. The fourth-order valence-electron chi connectivity index (χ4n) is 4.31. The van der Waals surface area contributed by atoms with Gasteiger partial charge in [-0.15, -0.1) is 0 Å². The number of anilines is 2. The third-order valence-electron chi connectivity index (χ3n) is 5.69. The predicted octanol–water partition coefficient (Wildman–Crippen LogP) is 3.14. The second-order valence-electron chi connectivity index (χ2n) is 8.11. The summed E-state index contributed by atoms with van der Waals surface area (Å²) in [6.07, 6.45) is -1.09. The van der Waals surface area contributed by atoms with Crippen molar-refractivity contribution >= 4 is 11.5 Å². The average Bonchev–Trinajstić information content (AvgIpc) is 2.97. The molecule has 0 bridgehead atoms. The fraction of sp³-hybridized carbons (Fsp3) is 0.737. The maximum absolute atomic E-state index is 12.8. The first-order chi connectivity index (χ1) is 12.6. The van der Waals surface area contributed by atoms with Crippen LogP contribution in [0.15, 0.2) is 12.1 Å². The molecule has 2 aliphatic rings. The normalized spacial score (nSPS) is 30.0. The maximum Gasteiger partial charge on any atom is 0.401 e. The molecule has 1 aromatic heterocycles. The lowest BCUT2D eigenvalue weighted by Gasteiger charge is -2.45. The van der Waals surface area contributed by atoms with Crippen LogP contribution < -0.4 is 16.0 Å². The summed E-state index contributed by atoms with van der Waals surface area (Å²) in [7, 11) is 0. The monoisotopic (exact) mass is 385 g/mol. The number of nitrogens with one attached hydrogen (secondary N) is 1. The van der Waals surface area contributed by atoms with Crippen molar-refractivity contribution in [1.82, 2.24) is 9.88 Å². The Balaban J connectivity index is 1.66. The van der Waals surface area contributed by atoms with E-state index in [4.69, 9.17) is 10.7 Å². The summed E-state index contributed by atoms with van der Waals surface area (Å²) in [5, 5.41) is 3.53. The molecule has 27 heavy (non-hydrogen) atoms. The van der Waals surface area contributed by atoms with Gasteiger partial charge in [-0.3, -0.25) is 4.90 Å². The largest absolute Gasteiger partial charge is 0.401 e. The minimum atomic E-state index is -4.17. The van der Waals surface area contributed by atoms with Gasteiger partial charge in [0, 0.05) is 37.3 Å². The third-order valence-corrected chi connectivity index (χ3v) is 5.69. The van der Waals surface area contributed by atoms with Gasteiger partial charge in [-0.25, -0.2) is 4.98 Å². The number of nitrogens with zero attached hydrogens (tertiary/aromatic N) is 3. The van der Waals surface area contributed by atoms with Crippen LogP contribution in [0.3, 0.4) is 0 Å². The average molecular weight is 385 g/mol. The molecule has 1 aromatic rings. The molecule has 0 amide bonds. The highest BCUT2D eigenvalue weighted by Crippen LogP contribution is 2.28. The molecular weight excluding hydrogens is 355 g/mol. The number of pyridine rings is 1. The van der Waals surface area contributed by atoms with Crippen LogP contribution in [-0.2, 0) is 0 Å². The van der Waals surface area contributed by atoms with Crippen LogP contribution >= 0.6 is 0 Å². The summed E-state index contributed by atoms with van der Waals surface area (Å²) in [5.41, 5.74) is 7.89. The van der Waals surface area contributed by atoms with Gasteiger partial charge in [-0.1, -0.05) is 0 Å². The van der Waals surface area contributed by atoms with Crippen LogP contribution in [0.2, 0.25) is 0 Å². The molecule has 1 saturated carbocycles. The van der Waals surface area contributed by atoms with E-state index in [1.165, 1.54) is 4.90 Å². The number of aromatic nitrogens is 1. The van der Waals surface area contributed by atoms with E-state index in [0.717, 1.165) is 36.5 Å². The van der Waals surface area contributed by atoms with Crippen molar-refractivity contribution in [3.8, 4) is 0 Å². The lowest BCUT2D eigenvalue weighted by molar-refractivity contribution is -0.156. The smallest absolute Gasteiger partial charge is 0.381 e. The van der Waals surface area contributed by atoms with E-state index in [0.29, 0.717) is 19.1 Å². The van der Waals surface area contributed by atoms with Crippen LogP contribution in [0.4, 0.5) is 24.7 Å². The van der Waals surface area contributed by atoms with Gasteiger partial charge in [-0.05, 0) is 52.2 Å². The van der Waals surface area contributed by atoms with Gasteiger partial charge >= 0.3 is 6.18 Å². The Labute approximate surface area is 159 Å². The van der Waals surface area contributed by atoms with E-state index < -0.39 is 12.7 Å². The molecule has 8 heteroatoms. The van der Waals surface area contributed by atoms with Gasteiger partial charge in [0.05, 0.1) is 17.9 Å². The summed E-state index contributed by atoms with van der Waals surface area (Å²) < 4.78 is 38.4. The number of aryl methyl sites for hydroxylation is 1. The van der Waals surface area contributed by atoms with Crippen molar-refractivity contribution in [1.29, 1.82) is 0 Å². The highest BCUT2D eigenvalue weighted by Gasteiger charge is 2.38. The van der Waals surface area contributed by atoms with E-state index in [9.17, 15) is 13.2 Å². The van der Waals surface area contributed by atoms with Crippen molar-refractivity contribution in [2.45, 2.75) is 70.4 Å². The zero-order valence-electron chi connectivity index (χ0n) is 16.3. The number of halogens is 3. The van der Waals surface area contributed by atoms with Crippen molar-refractivity contribution < 1.29 is 13.2 Å². The molecule has 1 aliphatic carbocycles. The first-order valence-corrected chi connectivity index (χ1v) is 9.69. The Hall–Kier alpha value is -1.54. The molecule has 2 fully saturated rings. The zero-order valence-corrected chi connectivity index (χ0v) is 16.3. The van der Waals surface area contributed by atoms with Crippen LogP contribution in [0, 0.1) is 6.92 Å². The standard InChI is InChI=1S/C19H30F3N5/c1-12-9-26(10-13(2)27(12)11-19(20,21)22)18-7-6-17(14(3)24-18)25-16-5-4-15(23)8-16/h6-7,12-13,15-16,25H,4-5,8-11,23H2,1-3H3. The number of rotatable bonds is 4. The van der Waals surface area contributed by atoms with Gasteiger partial charge in [0.15, 0.2) is 0 Å². The highest BCUT2D eigenvalue weighted by molar-refractivity contribution is 5.54. The minimum absolute atomic E-state index is 0.185. The lowest BCUT2D eigenvalue weighted by Crippen LogP contribution is -2.59. The number of alkyl halides is 3. The molecule has 1 aliphatic heterocycles. The van der Waals surface area contributed by atoms with E-state index in [2.05, 4.69) is 10.2 Å². The molecule has 4 unspecified atom stereocenters. The summed E-state index contributed by atoms with van der Waals surface area (Å²) in [6.45, 7) is 5.88. The fourth-order valence-corrected chi connectivity index (χ4v) is 4.31. The Morgan fingerprint density at radius 2 is 1.85 bits per heavy atom. The lowest BCUT2D eigenvalue weighted by atomic mass is 10.1. The van der Waals surface area contributed by atoms with Crippen molar-refractivity contribution in [3.05, 3.63) is 17.8 Å². The minimum Gasteiger partial charge on any atom is -0.381 e. The third kappa shape index (κ3) is 5.04. The Morgan fingerprint density at radius 3 is 2.37 bits per heavy atom. The SMILES string of the molecule is Cc1nc(N2CC(C)N(CC(F)(F)F)C(C)C2)ccc1NC1CCC(N)C1. The molecule has 0 aromatic carbocycles. The Bertz CT molecular complexity index is 639. The van der Waals surface area contributed by atoms with Crippen molar-refractivity contribution in [2.75, 3.05) is 29.9 Å². The van der Waals surface area contributed by atoms with E-state index in [1.807, 2.05) is 32.9 Å². The predicted molar refractivity (Wildman–Crippen MR) is 102 cm³/mol. The van der Waals surface area contributed by atoms with Crippen LogP contribution in [0.1, 0.15) is 38.8 Å². The Kier molecular flexibility index (Phi) is 5.86. The molecule has 4 atom stereocenters. The van der Waals surface area contributed by atoms with Crippen molar-refractivity contribution in [3.63, 3.8) is 0 Å². The van der Waals surface area contributed by atoms with E-state index in [-0.39, 0.29) is 18.1 Å². The highest BCUT2D eigenvalue weighted by atomic mass is 19.4. The number of piperazine rings is 1. The molecule has 2 heterocycles. The van der Waals surface area contributed by atoms with E-state index in [1.54, 1.807) is 0 Å². The van der Waals surface area contributed by atoms with Crippen molar-refractivity contribution in [2.24, 2.45) is 5.73 Å². The Morgan fingerprint density at radius 1 is 1.19 bits per heavy atom. The molecule has 0 spiro atoms. The summed E-state index contributed by atoms with van der Waals surface area (Å²) in [6, 6.07) is 4.27. The molecule has 0 radical (unpaired) electrons. The zero-order chi connectivity index (χ0) is 19.8. The van der Waals surface area contributed by atoms with Gasteiger partial charge in [0.2, 0.25) is 0 Å². The quantitative estimate of drug-likeness (QED) is 0.834. The molecule has 152 valence electrons. The number of hydrogen-bond donors (Lipinski definition) is 2. The molecule has 5 nitrogen and oxygen atoms in total. The first-order valence-electron chi connectivity index (χ1n) is 9.69. The van der Waals surface area contributed by atoms with Crippen LogP contribution in [0.25, 0.3) is 0 Å². The number of nitrogens with two attached hydrogens (primary N) is 1. The van der Waals surface area contributed by atoms with Gasteiger partial charge in [0.1, 0.15) is 5.82 Å². The van der Waals surface area contributed by atoms with Gasteiger partial charge in [0.25, 0.3) is 0 Å². The van der Waals surface area contributed by atoms with Crippen LogP contribution in [0.5, 0.6) is 0 Å². The number of hydrogen-bond acceptors (Lipinski definition) is 5. The van der Waals surface area contributed by atoms with Gasteiger partial charge in [-0.2, -0.15) is 13.2 Å².